The molecule has 0 atom stereocenters. The number of fused-ring (bicyclic) bond motifs is 7. The van der Waals surface area contributed by atoms with Crippen molar-refractivity contribution in [3.63, 3.8) is 0 Å². The molecule has 0 radical (unpaired) electrons. The van der Waals surface area contributed by atoms with Crippen LogP contribution in [0.15, 0.2) is 152 Å². The molecule has 2 heterocycles. The van der Waals surface area contributed by atoms with Crippen LogP contribution in [0.2, 0.25) is 0 Å². The van der Waals surface area contributed by atoms with Crippen LogP contribution in [0.3, 0.4) is 0 Å². The summed E-state index contributed by atoms with van der Waals surface area (Å²) >= 11 is 0. The average molecular weight is 572 g/mol. The zero-order chi connectivity index (χ0) is 29.9. The largest absolute Gasteiger partial charge is 0.309 e. The molecule has 0 amide bonds. The van der Waals surface area contributed by atoms with Crippen molar-refractivity contribution < 1.29 is 0 Å². The Kier molecular flexibility index (Phi) is 5.57. The van der Waals surface area contributed by atoms with E-state index in [2.05, 4.69) is 132 Å². The molecule has 7 aromatic carbocycles. The molecule has 9 aromatic rings. The molecule has 0 bridgehead atoms. The van der Waals surface area contributed by atoms with Crippen molar-refractivity contribution in [3.05, 3.63) is 157 Å². The first-order valence-electron chi connectivity index (χ1n) is 15.1. The molecule has 0 aliphatic rings. The molecule has 2 aromatic heterocycles. The normalized spacial score (nSPS) is 11.5. The van der Waals surface area contributed by atoms with Crippen LogP contribution >= 0.6 is 0 Å². The van der Waals surface area contributed by atoms with Crippen LogP contribution in [0.5, 0.6) is 0 Å². The van der Waals surface area contributed by atoms with E-state index in [1.807, 2.05) is 30.3 Å². The lowest BCUT2D eigenvalue weighted by Gasteiger charge is -2.11. The Morgan fingerprint density at radius 3 is 2.02 bits per heavy atom. The fraction of sp³-hybridized carbons (Fsp3) is 0. The number of hydrogen-bond donors (Lipinski definition) is 0. The Labute approximate surface area is 259 Å². The summed E-state index contributed by atoms with van der Waals surface area (Å²) in [4.78, 5) is 4.87. The van der Waals surface area contributed by atoms with Gasteiger partial charge in [0, 0.05) is 27.4 Å². The summed E-state index contributed by atoms with van der Waals surface area (Å²) in [7, 11) is 0. The number of hydrogen-bond acceptors (Lipinski definition) is 2. The smallest absolute Gasteiger partial charge is 0.0999 e. The van der Waals surface area contributed by atoms with Gasteiger partial charge in [0.1, 0.15) is 0 Å². The molecule has 0 aliphatic heterocycles. The number of rotatable bonds is 3. The predicted molar refractivity (Wildman–Crippen MR) is 187 cm³/mol. The highest BCUT2D eigenvalue weighted by Crippen LogP contribution is 2.40. The first-order valence-corrected chi connectivity index (χ1v) is 15.1. The van der Waals surface area contributed by atoms with E-state index in [9.17, 15) is 5.26 Å². The van der Waals surface area contributed by atoms with Crippen LogP contribution in [-0.2, 0) is 0 Å². The van der Waals surface area contributed by atoms with Gasteiger partial charge in [0.2, 0.25) is 0 Å². The highest BCUT2D eigenvalue weighted by molar-refractivity contribution is 6.17. The van der Waals surface area contributed by atoms with Crippen molar-refractivity contribution in [2.24, 2.45) is 0 Å². The average Bonchev–Trinajstić information content (AvgIpc) is 3.45. The van der Waals surface area contributed by atoms with E-state index >= 15 is 0 Å². The Morgan fingerprint density at radius 2 is 1.18 bits per heavy atom. The maximum atomic E-state index is 9.80. The number of nitriles is 1. The molecular formula is C42H25N3. The SMILES string of the molecule is N#Cc1cc(-c2ccc(-n3c4ccccc4c4c(-c5ccc6ccc7ccccc7c6c5)cccc43)cc2)nc2ccccc12. The van der Waals surface area contributed by atoms with Gasteiger partial charge in [-0.25, -0.2) is 4.98 Å². The molecule has 45 heavy (non-hydrogen) atoms. The predicted octanol–water partition coefficient (Wildman–Crippen LogP) is 10.8. The quantitative estimate of drug-likeness (QED) is 0.198. The Hall–Kier alpha value is -6.24. The molecule has 208 valence electrons. The second-order valence-electron chi connectivity index (χ2n) is 11.5. The number of aromatic nitrogens is 2. The van der Waals surface area contributed by atoms with Crippen LogP contribution in [0, 0.1) is 11.3 Å². The Morgan fingerprint density at radius 1 is 0.511 bits per heavy atom. The summed E-state index contributed by atoms with van der Waals surface area (Å²) in [5.74, 6) is 0. The summed E-state index contributed by atoms with van der Waals surface area (Å²) in [6.07, 6.45) is 0. The Balaban J connectivity index is 1.22. The maximum absolute atomic E-state index is 9.80. The van der Waals surface area contributed by atoms with Gasteiger partial charge in [0.25, 0.3) is 0 Å². The van der Waals surface area contributed by atoms with E-state index in [4.69, 9.17) is 4.98 Å². The molecule has 9 rings (SSSR count). The highest BCUT2D eigenvalue weighted by atomic mass is 15.0. The minimum atomic E-state index is 0.635. The molecule has 0 aliphatic carbocycles. The van der Waals surface area contributed by atoms with Gasteiger partial charge in [-0.15, -0.1) is 0 Å². The van der Waals surface area contributed by atoms with Crippen LogP contribution in [-0.4, -0.2) is 9.55 Å². The van der Waals surface area contributed by atoms with Gasteiger partial charge >= 0.3 is 0 Å². The molecule has 0 saturated carbocycles. The van der Waals surface area contributed by atoms with E-state index in [-0.39, 0.29) is 0 Å². The van der Waals surface area contributed by atoms with Crippen LogP contribution in [0.1, 0.15) is 5.56 Å². The third kappa shape index (κ3) is 3.94. The standard InChI is InChI=1S/C42H25N3/c43-26-31-25-39(44-38-13-5-3-10-34(31)38)29-20-22-32(23-21-29)45-40-14-6-4-11-36(40)42-35(12-7-15-41(42)45)30-19-18-28-17-16-27-8-1-2-9-33(27)37(28)24-30/h1-25H. The van der Waals surface area contributed by atoms with E-state index in [1.165, 1.54) is 43.4 Å². The van der Waals surface area contributed by atoms with Crippen molar-refractivity contribution in [2.75, 3.05) is 0 Å². The van der Waals surface area contributed by atoms with Gasteiger partial charge in [0.05, 0.1) is 33.9 Å². The minimum Gasteiger partial charge on any atom is -0.309 e. The zero-order valence-electron chi connectivity index (χ0n) is 24.3. The lowest BCUT2D eigenvalue weighted by Crippen LogP contribution is -1.94. The van der Waals surface area contributed by atoms with Gasteiger partial charge in [-0.1, -0.05) is 109 Å². The summed E-state index contributed by atoms with van der Waals surface area (Å²) in [6.45, 7) is 0. The maximum Gasteiger partial charge on any atom is 0.0999 e. The fourth-order valence-electron chi connectivity index (χ4n) is 6.90. The highest BCUT2D eigenvalue weighted by Gasteiger charge is 2.17. The van der Waals surface area contributed by atoms with Crippen LogP contribution < -0.4 is 0 Å². The number of benzene rings is 7. The first kappa shape index (κ1) is 25.3. The summed E-state index contributed by atoms with van der Waals surface area (Å²) in [6, 6.07) is 55.7. The number of pyridine rings is 1. The molecule has 0 unspecified atom stereocenters. The van der Waals surface area contributed by atoms with Gasteiger partial charge in [-0.05, 0) is 75.1 Å². The van der Waals surface area contributed by atoms with E-state index in [1.54, 1.807) is 0 Å². The molecular weight excluding hydrogens is 546 g/mol. The van der Waals surface area contributed by atoms with E-state index in [0.29, 0.717) is 5.56 Å². The summed E-state index contributed by atoms with van der Waals surface area (Å²) in [5, 5.41) is 18.2. The Bertz CT molecular complexity index is 2650. The van der Waals surface area contributed by atoms with Crippen molar-refractivity contribution in [1.29, 1.82) is 5.26 Å². The van der Waals surface area contributed by atoms with E-state index in [0.717, 1.165) is 38.9 Å². The molecule has 0 saturated heterocycles. The van der Waals surface area contributed by atoms with Crippen molar-refractivity contribution in [1.82, 2.24) is 9.55 Å². The van der Waals surface area contributed by atoms with Gasteiger partial charge in [0.15, 0.2) is 0 Å². The molecule has 0 N–H and O–H groups in total. The summed E-state index contributed by atoms with van der Waals surface area (Å²) < 4.78 is 2.35. The van der Waals surface area contributed by atoms with Gasteiger partial charge < -0.3 is 4.57 Å². The van der Waals surface area contributed by atoms with Crippen molar-refractivity contribution in [2.45, 2.75) is 0 Å². The topological polar surface area (TPSA) is 41.6 Å². The van der Waals surface area contributed by atoms with Crippen LogP contribution in [0.4, 0.5) is 0 Å². The lowest BCUT2D eigenvalue weighted by molar-refractivity contribution is 1.18. The van der Waals surface area contributed by atoms with Gasteiger partial charge in [-0.2, -0.15) is 5.26 Å². The monoisotopic (exact) mass is 571 g/mol. The van der Waals surface area contributed by atoms with Crippen LogP contribution in [0.25, 0.3) is 82.3 Å². The third-order valence-corrected chi connectivity index (χ3v) is 9.01. The second kappa shape index (κ2) is 9.91. The van der Waals surface area contributed by atoms with Crippen molar-refractivity contribution in [3.8, 4) is 34.1 Å². The molecule has 3 heteroatoms. The fourth-order valence-corrected chi connectivity index (χ4v) is 6.90. The summed E-state index contributed by atoms with van der Waals surface area (Å²) in [5.41, 5.74) is 9.06. The number of para-hydroxylation sites is 2. The molecule has 0 spiro atoms. The van der Waals surface area contributed by atoms with Crippen molar-refractivity contribution >= 4 is 54.3 Å². The molecule has 0 fully saturated rings. The minimum absolute atomic E-state index is 0.635. The first-order chi connectivity index (χ1) is 22.3. The molecule has 3 nitrogen and oxygen atoms in total. The number of nitrogens with zero attached hydrogens (tertiary/aromatic N) is 3. The van der Waals surface area contributed by atoms with Gasteiger partial charge in [-0.3, -0.25) is 0 Å². The zero-order valence-corrected chi connectivity index (χ0v) is 24.3. The second-order valence-corrected chi connectivity index (χ2v) is 11.5. The third-order valence-electron chi connectivity index (χ3n) is 9.01. The lowest BCUT2D eigenvalue weighted by atomic mass is 9.95. The van der Waals surface area contributed by atoms with E-state index < -0.39 is 0 Å².